The number of hydrogen-bond acceptors (Lipinski definition) is 19. The van der Waals surface area contributed by atoms with Crippen molar-refractivity contribution in [2.45, 2.75) is 99.8 Å². The van der Waals surface area contributed by atoms with Crippen LogP contribution < -0.4 is 0 Å². The van der Waals surface area contributed by atoms with E-state index in [-0.39, 0.29) is 11.1 Å². The van der Waals surface area contributed by atoms with Crippen molar-refractivity contribution >= 4 is 82.5 Å². The summed E-state index contributed by atoms with van der Waals surface area (Å²) >= 11 is 17.8. The molecular weight excluding hydrogens is 865 g/mol. The summed E-state index contributed by atoms with van der Waals surface area (Å²) in [7, 11) is 0. The number of benzene rings is 2. The summed E-state index contributed by atoms with van der Waals surface area (Å²) in [5, 5.41) is 8.33. The lowest BCUT2D eigenvalue weighted by molar-refractivity contribution is -0.354. The first-order valence-electron chi connectivity index (χ1n) is 17.8. The van der Waals surface area contributed by atoms with Gasteiger partial charge in [0.1, 0.15) is 31.5 Å². The maximum Gasteiger partial charge on any atom is 0.338 e. The Morgan fingerprint density at radius 2 is 0.900 bits per heavy atom. The van der Waals surface area contributed by atoms with E-state index in [9.17, 15) is 33.6 Å². The average molecular weight is 905 g/mol. The maximum atomic E-state index is 13.9. The zero-order chi connectivity index (χ0) is 44.3. The molecule has 19 nitrogen and oxygen atoms in total. The van der Waals surface area contributed by atoms with Gasteiger partial charge in [0.25, 0.3) is 3.79 Å². The lowest BCUT2D eigenvalue weighted by Crippen LogP contribution is -2.67. The quantitative estimate of drug-likeness (QED) is 0.0936. The van der Waals surface area contributed by atoms with Crippen LogP contribution in [0.5, 0.6) is 0 Å². The third-order valence-electron chi connectivity index (χ3n) is 8.28. The zero-order valence-electron chi connectivity index (χ0n) is 32.4. The van der Waals surface area contributed by atoms with E-state index in [0.717, 1.165) is 34.6 Å². The molecule has 0 saturated carbocycles. The van der Waals surface area contributed by atoms with Gasteiger partial charge >= 0.3 is 41.8 Å². The molecule has 2 aliphatic rings. The highest BCUT2D eigenvalue weighted by Gasteiger charge is 2.58. The van der Waals surface area contributed by atoms with Crippen molar-refractivity contribution in [2.75, 3.05) is 13.2 Å². The van der Waals surface area contributed by atoms with Crippen LogP contribution in [0.3, 0.4) is 0 Å². The molecule has 326 valence electrons. The fourth-order valence-corrected chi connectivity index (χ4v) is 6.03. The monoisotopic (exact) mass is 903 g/mol. The van der Waals surface area contributed by atoms with Gasteiger partial charge in [-0.25, -0.2) is 9.59 Å². The van der Waals surface area contributed by atoms with Crippen molar-refractivity contribution < 1.29 is 85.7 Å². The second-order valence-electron chi connectivity index (χ2n) is 12.9. The molecule has 4 rings (SSSR count). The second kappa shape index (κ2) is 21.5. The fraction of sp³-hybridized carbons (Fsp3) is 0.474. The highest BCUT2D eigenvalue weighted by atomic mass is 35.6. The van der Waals surface area contributed by atoms with E-state index in [1.165, 1.54) is 48.5 Å². The van der Waals surface area contributed by atoms with Crippen LogP contribution in [0.1, 0.15) is 55.3 Å². The normalized spacial score (nSPS) is 26.3. The predicted molar refractivity (Wildman–Crippen MR) is 203 cm³/mol. The van der Waals surface area contributed by atoms with Crippen LogP contribution in [-0.4, -0.2) is 126 Å². The Kier molecular flexibility index (Phi) is 17.0. The van der Waals surface area contributed by atoms with Crippen LogP contribution in [0.15, 0.2) is 60.7 Å². The molecule has 2 saturated heterocycles. The molecule has 2 aromatic carbocycles. The summed E-state index contributed by atoms with van der Waals surface area (Å²) in [6.45, 7) is 3.78. The molecule has 0 radical (unpaired) electrons. The number of halogens is 3. The number of esters is 7. The van der Waals surface area contributed by atoms with Crippen molar-refractivity contribution in [1.29, 1.82) is 5.41 Å². The maximum absolute atomic E-state index is 13.9. The van der Waals surface area contributed by atoms with E-state index in [4.69, 9.17) is 92.3 Å². The first kappa shape index (κ1) is 47.6. The van der Waals surface area contributed by atoms with Crippen molar-refractivity contribution in [1.82, 2.24) is 0 Å². The van der Waals surface area contributed by atoms with E-state index < -0.39 is 126 Å². The van der Waals surface area contributed by atoms with Crippen LogP contribution in [-0.2, 0) is 76.1 Å². The van der Waals surface area contributed by atoms with Crippen molar-refractivity contribution in [2.24, 2.45) is 0 Å². The number of hydrogen-bond donors (Lipinski definition) is 1. The first-order chi connectivity index (χ1) is 28.2. The summed E-state index contributed by atoms with van der Waals surface area (Å²) < 4.78 is 60.6. The van der Waals surface area contributed by atoms with Gasteiger partial charge in [0, 0.05) is 34.6 Å². The lowest BCUT2D eigenvalue weighted by Gasteiger charge is -2.48. The Morgan fingerprint density at radius 1 is 0.517 bits per heavy atom. The molecule has 1 N–H and O–H groups in total. The van der Waals surface area contributed by atoms with E-state index in [0.29, 0.717) is 0 Å². The molecule has 0 aromatic heterocycles. The summed E-state index contributed by atoms with van der Waals surface area (Å²) in [6.07, 6.45) is -17.9. The molecule has 2 aliphatic heterocycles. The Bertz CT molecular complexity index is 1880. The van der Waals surface area contributed by atoms with Gasteiger partial charge < -0.3 is 52.1 Å². The number of carbonyl (C=O) groups is 7. The minimum Gasteiger partial charge on any atom is -0.463 e. The van der Waals surface area contributed by atoms with Crippen LogP contribution in [0.2, 0.25) is 0 Å². The molecule has 0 bridgehead atoms. The molecule has 2 aromatic rings. The van der Waals surface area contributed by atoms with Gasteiger partial charge in [0.05, 0.1) is 11.1 Å². The van der Waals surface area contributed by atoms with Gasteiger partial charge in [-0.05, 0) is 24.3 Å². The van der Waals surface area contributed by atoms with Gasteiger partial charge in [-0.1, -0.05) is 71.2 Å². The highest BCUT2D eigenvalue weighted by molar-refractivity contribution is 6.76. The second-order valence-corrected chi connectivity index (χ2v) is 15.2. The van der Waals surface area contributed by atoms with Gasteiger partial charge in [-0.15, -0.1) is 0 Å². The summed E-state index contributed by atoms with van der Waals surface area (Å²) in [5.74, 6) is -7.60. The molecule has 2 fully saturated rings. The van der Waals surface area contributed by atoms with Gasteiger partial charge in [-0.2, -0.15) is 0 Å². The van der Waals surface area contributed by atoms with E-state index in [2.05, 4.69) is 0 Å². The van der Waals surface area contributed by atoms with Crippen LogP contribution >= 0.6 is 34.8 Å². The van der Waals surface area contributed by atoms with E-state index >= 15 is 0 Å². The number of alkyl halides is 3. The Labute approximate surface area is 357 Å². The van der Waals surface area contributed by atoms with Gasteiger partial charge in [0.2, 0.25) is 18.3 Å². The van der Waals surface area contributed by atoms with Crippen LogP contribution in [0.4, 0.5) is 0 Å². The minimum atomic E-state index is -2.51. The number of carbonyl (C=O) groups excluding carboxylic acids is 7. The number of nitrogens with one attached hydrogen (secondary N) is 1. The zero-order valence-corrected chi connectivity index (χ0v) is 34.7. The Balaban J connectivity index is 1.93. The minimum absolute atomic E-state index is 0.0140. The molecular formula is C38H40Cl3NO18. The largest absolute Gasteiger partial charge is 0.463 e. The molecule has 0 aliphatic carbocycles. The highest BCUT2D eigenvalue weighted by Crippen LogP contribution is 2.37. The smallest absolute Gasteiger partial charge is 0.338 e. The summed E-state index contributed by atoms with van der Waals surface area (Å²) in [5.41, 5.74) is -0.0360. The van der Waals surface area contributed by atoms with E-state index in [1.807, 2.05) is 0 Å². The van der Waals surface area contributed by atoms with Crippen LogP contribution in [0.25, 0.3) is 0 Å². The molecule has 0 spiro atoms. The molecule has 60 heavy (non-hydrogen) atoms. The fourth-order valence-electron chi connectivity index (χ4n) is 5.90. The summed E-state index contributed by atoms with van der Waals surface area (Å²) in [6, 6.07) is 14.9. The summed E-state index contributed by atoms with van der Waals surface area (Å²) in [4.78, 5) is 89.2. The van der Waals surface area contributed by atoms with Gasteiger partial charge in [0.15, 0.2) is 30.7 Å². The molecule has 22 heteroatoms. The molecule has 2 heterocycles. The third kappa shape index (κ3) is 13.5. The third-order valence-corrected chi connectivity index (χ3v) is 8.79. The average Bonchev–Trinajstić information content (AvgIpc) is 3.17. The van der Waals surface area contributed by atoms with E-state index in [1.54, 1.807) is 12.1 Å². The van der Waals surface area contributed by atoms with Crippen molar-refractivity contribution in [3.05, 3.63) is 71.8 Å². The predicted octanol–water partition coefficient (Wildman–Crippen LogP) is 3.56. The first-order valence-corrected chi connectivity index (χ1v) is 19.0. The molecule has 10 atom stereocenters. The van der Waals surface area contributed by atoms with Crippen LogP contribution in [0, 0.1) is 5.41 Å². The Morgan fingerprint density at radius 3 is 1.35 bits per heavy atom. The van der Waals surface area contributed by atoms with Crippen molar-refractivity contribution in [3.63, 3.8) is 0 Å². The topological polar surface area (TPSA) is 245 Å². The van der Waals surface area contributed by atoms with Gasteiger partial charge in [-0.3, -0.25) is 29.4 Å². The Hall–Kier alpha value is -5.05. The standard InChI is InChI=1S/C38H40Cl3NO18/c1-18(43)50-16-25-27(52-20(3)45)29(53-21(4)46)31(54-22(5)47)35(55-25)59-28-26(17-51-19(2)44)56-36(60-37(42)38(39,40)41)32(58-34(49)24-14-10-7-11-15-24)30(28)57-33(48)23-12-8-6-9-13-23/h6-15,25-32,35-36,42H,16-17H2,1-5H3/t25-,26-,27+,28+,29+,30+,31-,32-,35-,36+/m1/s1. The SMILES string of the molecule is CC(=O)OC[C@H]1O[C@H](O[C@@H]2[C@H](OC(=O)c3ccccc3)[C@@H](OC(=O)c3ccccc3)[C@H](OC(=N)C(Cl)(Cl)Cl)O[C@@H]2COC(C)=O)[C@H](OC(C)=O)[C@@H](OC(C)=O)[C@H]1OC(C)=O. The lowest BCUT2D eigenvalue weighted by atomic mass is 9.95. The molecule has 0 amide bonds. The molecule has 0 unspecified atom stereocenters. The number of rotatable bonds is 14. The van der Waals surface area contributed by atoms with Crippen molar-refractivity contribution in [3.8, 4) is 0 Å². The number of ether oxygens (including phenoxy) is 11.